The number of likely N-dealkylation sites (tertiary alicyclic amines) is 2. The molecule has 2 fully saturated rings. The van der Waals surface area contributed by atoms with Gasteiger partial charge in [-0.3, -0.25) is 4.90 Å². The molecule has 0 aliphatic carbocycles. The molecule has 0 spiro atoms. The summed E-state index contributed by atoms with van der Waals surface area (Å²) in [6, 6.07) is 24.9. The fourth-order valence-electron chi connectivity index (χ4n) is 8.64. The second-order valence-electron chi connectivity index (χ2n) is 15.1. The van der Waals surface area contributed by atoms with Crippen molar-refractivity contribution in [3.8, 4) is 28.7 Å². The Bertz CT molecular complexity index is 2050. The molecule has 0 bridgehead atoms. The summed E-state index contributed by atoms with van der Waals surface area (Å²) in [7, 11) is 8.27. The lowest BCUT2D eigenvalue weighted by atomic mass is 9.77. The van der Waals surface area contributed by atoms with Crippen molar-refractivity contribution >= 4 is 11.0 Å². The molecule has 0 amide bonds. The molecular weight excluding hydrogens is 700 g/mol. The summed E-state index contributed by atoms with van der Waals surface area (Å²) < 4.78 is 44.0. The summed E-state index contributed by atoms with van der Waals surface area (Å²) in [6.45, 7) is 5.62. The summed E-state index contributed by atoms with van der Waals surface area (Å²) in [5.41, 5.74) is 4.06. The van der Waals surface area contributed by atoms with E-state index in [0.717, 1.165) is 92.2 Å². The zero-order valence-electron chi connectivity index (χ0n) is 32.6. The van der Waals surface area contributed by atoms with Crippen LogP contribution in [0.3, 0.4) is 0 Å². The average Bonchev–Trinajstić information content (AvgIpc) is 3.79. The molecule has 3 heterocycles. The van der Waals surface area contributed by atoms with Crippen molar-refractivity contribution in [2.75, 3.05) is 68.3 Å². The van der Waals surface area contributed by atoms with Gasteiger partial charge < -0.3 is 38.3 Å². The topological polar surface area (TPSA) is 90.7 Å². The van der Waals surface area contributed by atoms with Gasteiger partial charge in [0.25, 0.3) is 0 Å². The molecule has 7 rings (SSSR count). The Hall–Kier alpha value is -4.84. The minimum Gasteiger partial charge on any atom is -0.493 e. The Morgan fingerprint density at radius 2 is 1.31 bits per heavy atom. The predicted molar refractivity (Wildman–Crippen MR) is 211 cm³/mol. The highest BCUT2D eigenvalue weighted by Gasteiger charge is 2.41. The fourth-order valence-corrected chi connectivity index (χ4v) is 8.64. The van der Waals surface area contributed by atoms with Crippen LogP contribution in [0, 0.1) is 11.2 Å². The van der Waals surface area contributed by atoms with Gasteiger partial charge in [0.15, 0.2) is 23.0 Å². The van der Waals surface area contributed by atoms with Crippen molar-refractivity contribution in [2.24, 2.45) is 5.41 Å². The van der Waals surface area contributed by atoms with Gasteiger partial charge in [-0.25, -0.2) is 9.37 Å². The summed E-state index contributed by atoms with van der Waals surface area (Å²) in [5, 5.41) is 12.2. The predicted octanol–water partition coefficient (Wildman–Crippen LogP) is 7.08. The van der Waals surface area contributed by atoms with Gasteiger partial charge in [-0.2, -0.15) is 0 Å². The van der Waals surface area contributed by atoms with E-state index >= 15 is 0 Å². The molecule has 1 N–H and O–H groups in total. The maximum Gasteiger partial charge on any atom is 0.203 e. The number of aliphatic hydroxyl groups is 1. The Balaban J connectivity index is 1.08. The van der Waals surface area contributed by atoms with E-state index in [2.05, 4.69) is 26.5 Å². The van der Waals surface area contributed by atoms with E-state index in [-0.39, 0.29) is 11.2 Å². The van der Waals surface area contributed by atoms with E-state index in [1.165, 1.54) is 17.7 Å². The number of aromatic nitrogens is 2. The van der Waals surface area contributed by atoms with Gasteiger partial charge >= 0.3 is 0 Å². The lowest BCUT2D eigenvalue weighted by Gasteiger charge is -2.39. The van der Waals surface area contributed by atoms with Crippen LogP contribution in [0.25, 0.3) is 11.0 Å². The highest BCUT2D eigenvalue weighted by molar-refractivity contribution is 5.76. The summed E-state index contributed by atoms with van der Waals surface area (Å²) in [4.78, 5) is 10.0. The van der Waals surface area contributed by atoms with Crippen LogP contribution in [0.4, 0.5) is 4.39 Å². The normalized spacial score (nSPS) is 18.7. The molecule has 2 saturated heterocycles. The van der Waals surface area contributed by atoms with Crippen LogP contribution in [-0.4, -0.2) is 92.7 Å². The number of fused-ring (bicyclic) bond motifs is 1. The van der Waals surface area contributed by atoms with E-state index in [1.807, 2.05) is 42.5 Å². The monoisotopic (exact) mass is 752 g/mol. The Labute approximate surface area is 323 Å². The lowest BCUT2D eigenvalue weighted by molar-refractivity contribution is -0.0368. The smallest absolute Gasteiger partial charge is 0.203 e. The number of benzene rings is 4. The fraction of sp³-hybridized carbons (Fsp3) is 0.432. The van der Waals surface area contributed by atoms with Crippen molar-refractivity contribution in [3.63, 3.8) is 0 Å². The van der Waals surface area contributed by atoms with E-state index in [4.69, 9.17) is 28.7 Å². The first kappa shape index (κ1) is 38.4. The molecule has 2 aliphatic rings. The van der Waals surface area contributed by atoms with Crippen LogP contribution in [0.1, 0.15) is 48.2 Å². The first-order valence-corrected chi connectivity index (χ1v) is 19.1. The van der Waals surface area contributed by atoms with Crippen molar-refractivity contribution in [3.05, 3.63) is 107 Å². The van der Waals surface area contributed by atoms with Crippen molar-refractivity contribution in [2.45, 2.75) is 50.8 Å². The Morgan fingerprint density at radius 3 is 1.98 bits per heavy atom. The van der Waals surface area contributed by atoms with Gasteiger partial charge in [0.05, 0.1) is 46.6 Å². The minimum atomic E-state index is -1.07. The molecule has 1 aromatic heterocycles. The third-order valence-corrected chi connectivity index (χ3v) is 11.6. The molecule has 5 aromatic rings. The number of imidazole rings is 1. The summed E-state index contributed by atoms with van der Waals surface area (Å²) in [5.74, 6) is 3.79. The van der Waals surface area contributed by atoms with Crippen LogP contribution < -0.4 is 23.7 Å². The molecule has 1 atom stereocenters. The number of piperidine rings is 1. The number of methoxy groups -OCH3 is 5. The van der Waals surface area contributed by atoms with Gasteiger partial charge in [0.1, 0.15) is 17.2 Å². The highest BCUT2D eigenvalue weighted by Crippen LogP contribution is 2.43. The zero-order chi connectivity index (χ0) is 38.6. The summed E-state index contributed by atoms with van der Waals surface area (Å²) in [6.07, 6.45) is 4.13. The quantitative estimate of drug-likeness (QED) is 0.121. The Morgan fingerprint density at radius 1 is 0.673 bits per heavy atom. The van der Waals surface area contributed by atoms with Gasteiger partial charge in [-0.05, 0) is 116 Å². The van der Waals surface area contributed by atoms with Crippen molar-refractivity contribution in [1.82, 2.24) is 19.4 Å². The number of rotatable bonds is 15. The molecule has 10 nitrogen and oxygen atoms in total. The second-order valence-corrected chi connectivity index (χ2v) is 15.1. The van der Waals surface area contributed by atoms with E-state index in [1.54, 1.807) is 47.7 Å². The molecule has 0 saturated carbocycles. The van der Waals surface area contributed by atoms with Gasteiger partial charge in [-0.1, -0.05) is 30.3 Å². The molecule has 1 unspecified atom stereocenters. The largest absolute Gasteiger partial charge is 0.493 e. The standard InChI is InChI=1S/C44H53FN4O6/c1-51-37-15-12-32(24-38(37)52-2)27-43(17-21-48(30-43)28-33-25-39(53-3)41(55-5)40(26-33)54-4)16-20-47-22-18-44(50,19-23-47)42-46-35-8-6-7-9-36(35)49(42)29-31-10-13-34(45)14-11-31/h6-15,24-26,50H,16-23,27-30H2,1-5H3. The number of hydrogen-bond acceptors (Lipinski definition) is 9. The first-order valence-electron chi connectivity index (χ1n) is 19.1. The third-order valence-electron chi connectivity index (χ3n) is 11.6. The number of ether oxygens (including phenoxy) is 5. The van der Waals surface area contributed by atoms with Crippen molar-refractivity contribution in [1.29, 1.82) is 0 Å². The van der Waals surface area contributed by atoms with E-state index < -0.39 is 5.60 Å². The maximum atomic E-state index is 13.7. The third kappa shape index (κ3) is 8.24. The molecule has 11 heteroatoms. The van der Waals surface area contributed by atoms with Crippen LogP contribution in [0.5, 0.6) is 28.7 Å². The second kappa shape index (κ2) is 16.5. The van der Waals surface area contributed by atoms with Gasteiger partial charge in [0, 0.05) is 32.7 Å². The first-order chi connectivity index (χ1) is 26.7. The van der Waals surface area contributed by atoms with Crippen LogP contribution in [-0.2, 0) is 25.1 Å². The van der Waals surface area contributed by atoms with E-state index in [9.17, 15) is 9.50 Å². The molecule has 55 heavy (non-hydrogen) atoms. The molecule has 4 aromatic carbocycles. The zero-order valence-corrected chi connectivity index (χ0v) is 32.6. The molecular formula is C44H53FN4O6. The lowest BCUT2D eigenvalue weighted by Crippen LogP contribution is -2.45. The SMILES string of the molecule is COc1ccc(CC2(CCN3CCC(O)(c4nc5ccccc5n4Cc4ccc(F)cc4)CC3)CCN(Cc3cc(OC)c(OC)c(OC)c3)C2)cc1OC. The maximum absolute atomic E-state index is 13.7. The average molecular weight is 753 g/mol. The number of para-hydroxylation sites is 2. The molecule has 2 aliphatic heterocycles. The van der Waals surface area contributed by atoms with Crippen LogP contribution >= 0.6 is 0 Å². The van der Waals surface area contributed by atoms with Crippen LogP contribution in [0.2, 0.25) is 0 Å². The summed E-state index contributed by atoms with van der Waals surface area (Å²) >= 11 is 0. The van der Waals surface area contributed by atoms with Crippen molar-refractivity contribution < 1.29 is 33.2 Å². The minimum absolute atomic E-state index is 0.0249. The molecule has 0 radical (unpaired) electrons. The van der Waals surface area contributed by atoms with Crippen LogP contribution in [0.15, 0.2) is 78.9 Å². The van der Waals surface area contributed by atoms with Gasteiger partial charge in [-0.15, -0.1) is 0 Å². The highest BCUT2D eigenvalue weighted by atomic mass is 19.1. The van der Waals surface area contributed by atoms with E-state index in [0.29, 0.717) is 42.5 Å². The van der Waals surface area contributed by atoms with Gasteiger partial charge in [0.2, 0.25) is 5.75 Å². The number of nitrogens with zero attached hydrogens (tertiary/aromatic N) is 4. The molecule has 292 valence electrons. The number of halogens is 1. The number of hydrogen-bond donors (Lipinski definition) is 1. The Kier molecular flexibility index (Phi) is 11.5.